The van der Waals surface area contributed by atoms with Gasteiger partial charge in [0.2, 0.25) is 11.7 Å². The number of carbonyl (C=O) groups is 2. The number of benzene rings is 3. The topological polar surface area (TPSA) is 112 Å². The van der Waals surface area contributed by atoms with Gasteiger partial charge in [0.05, 0.1) is 0 Å². The molecule has 1 atom stereocenters. The van der Waals surface area contributed by atoms with Gasteiger partial charge in [-0.05, 0) is 62.0 Å². The smallest absolute Gasteiger partial charge is 0.319 e. The van der Waals surface area contributed by atoms with Crippen LogP contribution in [-0.2, 0) is 16.1 Å². The molecule has 3 heterocycles. The van der Waals surface area contributed by atoms with E-state index in [2.05, 4.69) is 32.2 Å². The van der Waals surface area contributed by atoms with Crippen molar-refractivity contribution < 1.29 is 23.6 Å². The maximum absolute atomic E-state index is 14.9. The Morgan fingerprint density at radius 3 is 2.42 bits per heavy atom. The van der Waals surface area contributed by atoms with E-state index >= 15 is 0 Å². The van der Waals surface area contributed by atoms with E-state index < -0.39 is 11.4 Å². The predicted molar refractivity (Wildman–Crippen MR) is 168 cm³/mol. The lowest BCUT2D eigenvalue weighted by Gasteiger charge is -2.38. The van der Waals surface area contributed by atoms with Gasteiger partial charge < -0.3 is 14.9 Å². The lowest BCUT2D eigenvalue weighted by atomic mass is 9.77. The molecule has 6 rings (SSSR count). The predicted octanol–water partition coefficient (Wildman–Crippen LogP) is 5.48. The number of carboxylic acid groups (broad SMARTS) is 1. The normalized spacial score (nSPS) is 18.6. The summed E-state index contributed by atoms with van der Waals surface area (Å²) >= 11 is 0. The first kappa shape index (κ1) is 30.6. The summed E-state index contributed by atoms with van der Waals surface area (Å²) in [4.78, 5) is 34.5. The Balaban J connectivity index is 1.05. The molecular formula is C35H38FN5O4. The largest absolute Gasteiger partial charge is 0.480 e. The molecule has 2 aliphatic rings. The van der Waals surface area contributed by atoms with E-state index in [-0.39, 0.29) is 36.5 Å². The minimum absolute atomic E-state index is 0.234. The molecule has 1 amide bonds. The second-order valence-electron chi connectivity index (χ2n) is 12.0. The molecule has 0 saturated carbocycles. The molecule has 9 nitrogen and oxygen atoms in total. The molecule has 1 aromatic heterocycles. The van der Waals surface area contributed by atoms with E-state index in [0.29, 0.717) is 43.1 Å². The highest BCUT2D eigenvalue weighted by atomic mass is 19.1. The SMILES string of the molecule is CCN1CCCC1CNC(=O)C1(C(=O)O)CCN(Cc2ccc(-c3noc(-c4ccc(-c5ccccc5)c(F)c4)n3)cc2)CC1. The van der Waals surface area contributed by atoms with Crippen molar-refractivity contribution in [3.05, 3.63) is 84.2 Å². The highest BCUT2D eigenvalue weighted by Crippen LogP contribution is 2.34. The fourth-order valence-corrected chi connectivity index (χ4v) is 6.53. The molecule has 0 aliphatic carbocycles. The van der Waals surface area contributed by atoms with Crippen LogP contribution in [0.25, 0.3) is 34.0 Å². The van der Waals surface area contributed by atoms with Crippen LogP contribution in [0.3, 0.4) is 0 Å². The van der Waals surface area contributed by atoms with Gasteiger partial charge in [-0.1, -0.05) is 72.7 Å². The molecule has 2 N–H and O–H groups in total. The molecule has 1 unspecified atom stereocenters. The standard InChI is InChI=1S/C35H38FN5O4/c1-2-41-18-6-9-28(41)22-37-33(42)35(34(43)44)16-19-40(20-17-35)23-24-10-12-26(13-11-24)31-38-32(45-39-31)27-14-15-29(30(36)21-27)25-7-4-3-5-8-25/h3-5,7-8,10-15,21,28H,2,6,9,16-20,22-23H2,1H3,(H,37,42)(H,43,44). The highest BCUT2D eigenvalue weighted by molar-refractivity contribution is 6.02. The van der Waals surface area contributed by atoms with Crippen molar-refractivity contribution in [3.8, 4) is 34.0 Å². The molecule has 0 radical (unpaired) electrons. The average molecular weight is 612 g/mol. The van der Waals surface area contributed by atoms with E-state index in [1.54, 1.807) is 12.1 Å². The van der Waals surface area contributed by atoms with Crippen LogP contribution in [0, 0.1) is 11.2 Å². The Kier molecular flexibility index (Phi) is 9.04. The van der Waals surface area contributed by atoms with Crippen LogP contribution in [0.2, 0.25) is 0 Å². The summed E-state index contributed by atoms with van der Waals surface area (Å²) < 4.78 is 20.3. The molecule has 0 bridgehead atoms. The lowest BCUT2D eigenvalue weighted by Crippen LogP contribution is -2.54. The number of carbonyl (C=O) groups excluding carboxylic acids is 1. The Bertz CT molecular complexity index is 1630. The zero-order valence-corrected chi connectivity index (χ0v) is 25.4. The number of likely N-dealkylation sites (N-methyl/N-ethyl adjacent to an activating group) is 1. The monoisotopic (exact) mass is 611 g/mol. The maximum atomic E-state index is 14.9. The summed E-state index contributed by atoms with van der Waals surface area (Å²) in [7, 11) is 0. The minimum atomic E-state index is -1.39. The van der Waals surface area contributed by atoms with Crippen molar-refractivity contribution in [3.63, 3.8) is 0 Å². The Morgan fingerprint density at radius 2 is 1.73 bits per heavy atom. The van der Waals surface area contributed by atoms with Crippen molar-refractivity contribution in [1.82, 2.24) is 25.3 Å². The Morgan fingerprint density at radius 1 is 1.00 bits per heavy atom. The highest BCUT2D eigenvalue weighted by Gasteiger charge is 2.48. The molecule has 2 fully saturated rings. The zero-order valence-electron chi connectivity index (χ0n) is 25.4. The summed E-state index contributed by atoms with van der Waals surface area (Å²) in [6, 6.07) is 22.3. The lowest BCUT2D eigenvalue weighted by molar-refractivity contribution is -0.159. The zero-order chi connectivity index (χ0) is 31.4. The number of aromatic nitrogens is 2. The van der Waals surface area contributed by atoms with Crippen molar-refractivity contribution >= 4 is 11.9 Å². The van der Waals surface area contributed by atoms with E-state index in [1.165, 1.54) is 6.07 Å². The maximum Gasteiger partial charge on any atom is 0.319 e. The molecule has 2 saturated heterocycles. The number of hydrogen-bond acceptors (Lipinski definition) is 7. The number of rotatable bonds is 10. The van der Waals surface area contributed by atoms with Crippen LogP contribution in [0.4, 0.5) is 4.39 Å². The summed E-state index contributed by atoms with van der Waals surface area (Å²) in [5.74, 6) is -1.14. The second-order valence-corrected chi connectivity index (χ2v) is 12.0. The first-order valence-corrected chi connectivity index (χ1v) is 15.6. The second kappa shape index (κ2) is 13.3. The number of aliphatic carboxylic acids is 1. The Hall–Kier alpha value is -4.41. The summed E-state index contributed by atoms with van der Waals surface area (Å²) in [6.07, 6.45) is 2.67. The summed E-state index contributed by atoms with van der Waals surface area (Å²) in [5, 5.41) is 17.2. The number of piperidine rings is 1. The molecule has 45 heavy (non-hydrogen) atoms. The Labute approximate surface area is 262 Å². The number of nitrogens with one attached hydrogen (secondary N) is 1. The number of carboxylic acids is 1. The number of amides is 1. The van der Waals surface area contributed by atoms with Crippen molar-refractivity contribution in [1.29, 1.82) is 0 Å². The van der Waals surface area contributed by atoms with Gasteiger partial charge in [0.15, 0.2) is 0 Å². The van der Waals surface area contributed by atoms with Gasteiger partial charge in [-0.3, -0.25) is 19.4 Å². The van der Waals surface area contributed by atoms with Gasteiger partial charge in [-0.15, -0.1) is 0 Å². The van der Waals surface area contributed by atoms with Crippen LogP contribution in [0.1, 0.15) is 38.2 Å². The van der Waals surface area contributed by atoms with E-state index in [0.717, 1.165) is 42.6 Å². The molecule has 4 aromatic rings. The summed E-state index contributed by atoms with van der Waals surface area (Å²) in [5.41, 5.74) is 2.22. The van der Waals surface area contributed by atoms with Gasteiger partial charge >= 0.3 is 5.97 Å². The van der Waals surface area contributed by atoms with Gasteiger partial charge in [0, 0.05) is 48.9 Å². The fraction of sp³-hybridized carbons (Fsp3) is 0.371. The van der Waals surface area contributed by atoms with Gasteiger partial charge in [0.25, 0.3) is 5.89 Å². The first-order valence-electron chi connectivity index (χ1n) is 15.6. The minimum Gasteiger partial charge on any atom is -0.480 e. The first-order chi connectivity index (χ1) is 21.9. The molecule has 0 spiro atoms. The van der Waals surface area contributed by atoms with E-state index in [4.69, 9.17) is 4.52 Å². The third kappa shape index (κ3) is 6.53. The van der Waals surface area contributed by atoms with Crippen molar-refractivity contribution in [2.75, 3.05) is 32.7 Å². The number of hydrogen-bond donors (Lipinski definition) is 2. The van der Waals surface area contributed by atoms with Gasteiger partial charge in [-0.2, -0.15) is 4.98 Å². The number of halogens is 1. The quantitative estimate of drug-likeness (QED) is 0.227. The third-order valence-electron chi connectivity index (χ3n) is 9.30. The van der Waals surface area contributed by atoms with Gasteiger partial charge in [-0.25, -0.2) is 4.39 Å². The molecular weight excluding hydrogens is 573 g/mol. The molecule has 3 aromatic carbocycles. The summed E-state index contributed by atoms with van der Waals surface area (Å²) in [6.45, 7) is 6.23. The van der Waals surface area contributed by atoms with Crippen LogP contribution >= 0.6 is 0 Å². The molecule has 2 aliphatic heterocycles. The van der Waals surface area contributed by atoms with E-state index in [1.807, 2.05) is 54.6 Å². The molecule has 10 heteroatoms. The van der Waals surface area contributed by atoms with Crippen molar-refractivity contribution in [2.45, 2.75) is 45.2 Å². The number of likely N-dealkylation sites (tertiary alicyclic amines) is 2. The van der Waals surface area contributed by atoms with Crippen LogP contribution in [0.15, 0.2) is 77.3 Å². The van der Waals surface area contributed by atoms with Crippen LogP contribution in [0.5, 0.6) is 0 Å². The van der Waals surface area contributed by atoms with Crippen molar-refractivity contribution in [2.24, 2.45) is 5.41 Å². The van der Waals surface area contributed by atoms with E-state index in [9.17, 15) is 19.1 Å². The fourth-order valence-electron chi connectivity index (χ4n) is 6.53. The molecule has 234 valence electrons. The van der Waals surface area contributed by atoms with Gasteiger partial charge in [0.1, 0.15) is 11.2 Å². The average Bonchev–Trinajstić information content (AvgIpc) is 3.75. The number of nitrogens with zero attached hydrogens (tertiary/aromatic N) is 4. The van der Waals surface area contributed by atoms with Crippen LogP contribution in [-0.4, -0.2) is 75.7 Å². The third-order valence-corrected chi connectivity index (χ3v) is 9.30. The van der Waals surface area contributed by atoms with Crippen LogP contribution < -0.4 is 5.32 Å².